The van der Waals surface area contributed by atoms with Crippen molar-refractivity contribution in [1.29, 1.82) is 0 Å². The first kappa shape index (κ1) is 22.1. The lowest BCUT2D eigenvalue weighted by Crippen LogP contribution is -2.51. The van der Waals surface area contributed by atoms with Crippen molar-refractivity contribution in [3.63, 3.8) is 0 Å². The number of hydrogen-bond donors (Lipinski definition) is 0. The third kappa shape index (κ3) is 5.03. The van der Waals surface area contributed by atoms with Gasteiger partial charge in [-0.3, -0.25) is 14.9 Å². The molecular formula is C22H24N6O5. The van der Waals surface area contributed by atoms with Gasteiger partial charge in [0.15, 0.2) is 0 Å². The van der Waals surface area contributed by atoms with E-state index in [1.54, 1.807) is 36.1 Å². The number of nitro groups is 1. The van der Waals surface area contributed by atoms with Crippen LogP contribution in [0.25, 0.3) is 11.4 Å². The van der Waals surface area contributed by atoms with Crippen LogP contribution in [-0.2, 0) is 4.79 Å². The Morgan fingerprint density at radius 1 is 1.12 bits per heavy atom. The predicted octanol–water partition coefficient (Wildman–Crippen LogP) is 2.44. The minimum absolute atomic E-state index is 0.0370. The van der Waals surface area contributed by atoms with E-state index in [-0.39, 0.29) is 24.2 Å². The van der Waals surface area contributed by atoms with Crippen LogP contribution in [0.3, 0.4) is 0 Å². The molecule has 1 fully saturated rings. The van der Waals surface area contributed by atoms with E-state index in [0.717, 1.165) is 17.0 Å². The molecule has 33 heavy (non-hydrogen) atoms. The number of likely N-dealkylation sites (N-methyl/N-ethyl adjacent to an activating group) is 1. The van der Waals surface area contributed by atoms with Crippen LogP contribution in [0.5, 0.6) is 5.75 Å². The summed E-state index contributed by atoms with van der Waals surface area (Å²) in [6.45, 7) is 2.53. The molecule has 2 aromatic carbocycles. The van der Waals surface area contributed by atoms with E-state index in [9.17, 15) is 14.9 Å². The number of carbonyl (C=O) groups excluding carboxylic acids is 1. The average Bonchev–Trinajstić information content (AvgIpc) is 3.35. The van der Waals surface area contributed by atoms with Gasteiger partial charge in [-0.2, -0.15) is 4.98 Å². The first-order valence-electron chi connectivity index (χ1n) is 10.4. The van der Waals surface area contributed by atoms with E-state index in [1.165, 1.54) is 12.1 Å². The van der Waals surface area contributed by atoms with E-state index in [4.69, 9.17) is 9.26 Å². The molecule has 0 N–H and O–H groups in total. The molecule has 11 heteroatoms. The lowest BCUT2D eigenvalue weighted by molar-refractivity contribution is -0.384. The molecule has 172 valence electrons. The zero-order valence-corrected chi connectivity index (χ0v) is 18.4. The number of nitro benzene ring substituents is 1. The summed E-state index contributed by atoms with van der Waals surface area (Å²) < 4.78 is 10.5. The molecule has 0 atom stereocenters. The zero-order chi connectivity index (χ0) is 23.4. The van der Waals surface area contributed by atoms with Crippen molar-refractivity contribution in [2.75, 3.05) is 56.7 Å². The highest BCUT2D eigenvalue weighted by atomic mass is 16.6. The molecule has 0 aliphatic carbocycles. The SMILES string of the molecule is COc1ccc(-c2noc(N(C)CC(=O)N3CCN(c4ccc([N+](=O)[O-])cc4)CC3)n2)cc1. The summed E-state index contributed by atoms with van der Waals surface area (Å²) in [5.74, 6) is 1.13. The average molecular weight is 452 g/mol. The molecule has 1 aromatic heterocycles. The van der Waals surface area contributed by atoms with Gasteiger partial charge in [0.25, 0.3) is 5.69 Å². The van der Waals surface area contributed by atoms with Gasteiger partial charge in [-0.15, -0.1) is 0 Å². The van der Waals surface area contributed by atoms with E-state index >= 15 is 0 Å². The van der Waals surface area contributed by atoms with Gasteiger partial charge < -0.3 is 24.0 Å². The van der Waals surface area contributed by atoms with E-state index in [2.05, 4.69) is 15.0 Å². The van der Waals surface area contributed by atoms with Crippen LogP contribution in [0, 0.1) is 10.1 Å². The minimum Gasteiger partial charge on any atom is -0.497 e. The van der Waals surface area contributed by atoms with Gasteiger partial charge in [0.2, 0.25) is 11.7 Å². The normalized spacial score (nSPS) is 13.6. The van der Waals surface area contributed by atoms with Crippen LogP contribution in [0.2, 0.25) is 0 Å². The predicted molar refractivity (Wildman–Crippen MR) is 121 cm³/mol. The summed E-state index contributed by atoms with van der Waals surface area (Å²) in [5, 5.41) is 14.8. The number of non-ortho nitro benzene ring substituents is 1. The van der Waals surface area contributed by atoms with E-state index in [1.807, 2.05) is 24.3 Å². The highest BCUT2D eigenvalue weighted by molar-refractivity contribution is 5.81. The number of rotatable bonds is 7. The first-order chi connectivity index (χ1) is 15.9. The van der Waals surface area contributed by atoms with E-state index in [0.29, 0.717) is 32.0 Å². The van der Waals surface area contributed by atoms with Gasteiger partial charge >= 0.3 is 6.01 Å². The van der Waals surface area contributed by atoms with Crippen LogP contribution in [0.15, 0.2) is 53.1 Å². The molecule has 0 unspecified atom stereocenters. The van der Waals surface area contributed by atoms with Crippen LogP contribution >= 0.6 is 0 Å². The second-order valence-electron chi connectivity index (χ2n) is 7.63. The lowest BCUT2D eigenvalue weighted by atomic mass is 10.2. The fourth-order valence-corrected chi connectivity index (χ4v) is 3.60. The fraction of sp³-hybridized carbons (Fsp3) is 0.318. The quantitative estimate of drug-likeness (QED) is 0.393. The highest BCUT2D eigenvalue weighted by Crippen LogP contribution is 2.23. The Balaban J connectivity index is 1.30. The third-order valence-corrected chi connectivity index (χ3v) is 5.52. The number of anilines is 2. The molecule has 1 aliphatic rings. The third-order valence-electron chi connectivity index (χ3n) is 5.52. The van der Waals surface area contributed by atoms with Crippen LogP contribution in [-0.4, -0.2) is 72.8 Å². The maximum atomic E-state index is 12.8. The molecule has 1 amide bonds. The molecule has 0 radical (unpaired) electrons. The number of methoxy groups -OCH3 is 1. The van der Waals surface area contributed by atoms with Crippen molar-refractivity contribution < 1.29 is 19.0 Å². The standard InChI is InChI=1S/C22H24N6O5/c1-25(22-23-21(24-33-22)16-3-9-19(32-2)10-4-16)15-20(29)27-13-11-26(12-14-27)17-5-7-18(8-6-17)28(30)31/h3-10H,11-15H2,1-2H3. The monoisotopic (exact) mass is 452 g/mol. The topological polar surface area (TPSA) is 118 Å². The van der Waals surface area contributed by atoms with Gasteiger partial charge in [0.1, 0.15) is 12.3 Å². The summed E-state index contributed by atoms with van der Waals surface area (Å²) in [5.41, 5.74) is 1.75. The van der Waals surface area contributed by atoms with Gasteiger partial charge in [-0.05, 0) is 36.4 Å². The molecule has 3 aromatic rings. The number of aromatic nitrogens is 2. The van der Waals surface area contributed by atoms with Crippen molar-refractivity contribution >= 4 is 23.3 Å². The molecule has 11 nitrogen and oxygen atoms in total. The zero-order valence-electron chi connectivity index (χ0n) is 18.4. The molecule has 4 rings (SSSR count). The number of nitrogens with zero attached hydrogens (tertiary/aromatic N) is 6. The number of carbonyl (C=O) groups is 1. The summed E-state index contributed by atoms with van der Waals surface area (Å²) in [4.78, 5) is 33.1. The van der Waals surface area contributed by atoms with Crippen LogP contribution in [0.1, 0.15) is 0 Å². The molecule has 0 bridgehead atoms. The van der Waals surface area contributed by atoms with Gasteiger partial charge in [-0.1, -0.05) is 5.16 Å². The second kappa shape index (κ2) is 9.55. The highest BCUT2D eigenvalue weighted by Gasteiger charge is 2.24. The van der Waals surface area contributed by atoms with E-state index < -0.39 is 4.92 Å². The molecule has 1 aliphatic heterocycles. The summed E-state index contributed by atoms with van der Waals surface area (Å²) in [7, 11) is 3.33. The fourth-order valence-electron chi connectivity index (χ4n) is 3.60. The maximum Gasteiger partial charge on any atom is 0.324 e. The molecular weight excluding hydrogens is 428 g/mol. The van der Waals surface area contributed by atoms with Crippen LogP contribution in [0.4, 0.5) is 17.4 Å². The van der Waals surface area contributed by atoms with Crippen molar-refractivity contribution in [1.82, 2.24) is 15.0 Å². The number of benzene rings is 2. The first-order valence-corrected chi connectivity index (χ1v) is 10.4. The maximum absolute atomic E-state index is 12.8. The minimum atomic E-state index is -0.416. The number of hydrogen-bond acceptors (Lipinski definition) is 9. The number of piperazine rings is 1. The largest absolute Gasteiger partial charge is 0.497 e. The Kier molecular flexibility index (Phi) is 6.38. The Hall–Kier alpha value is -4.15. The number of ether oxygens (including phenoxy) is 1. The van der Waals surface area contributed by atoms with Crippen molar-refractivity contribution in [3.8, 4) is 17.1 Å². The molecule has 0 saturated carbocycles. The van der Waals surface area contributed by atoms with Crippen molar-refractivity contribution in [3.05, 3.63) is 58.6 Å². The summed E-state index contributed by atoms with van der Waals surface area (Å²) >= 11 is 0. The van der Waals surface area contributed by atoms with Crippen LogP contribution < -0.4 is 14.5 Å². The summed E-state index contributed by atoms with van der Waals surface area (Å²) in [6.07, 6.45) is 0. The molecule has 0 spiro atoms. The molecule has 2 heterocycles. The Labute approximate surface area is 190 Å². The molecule has 1 saturated heterocycles. The van der Waals surface area contributed by atoms with Crippen molar-refractivity contribution in [2.45, 2.75) is 0 Å². The lowest BCUT2D eigenvalue weighted by Gasteiger charge is -2.36. The Bertz CT molecular complexity index is 1110. The van der Waals surface area contributed by atoms with Crippen molar-refractivity contribution in [2.24, 2.45) is 0 Å². The Morgan fingerprint density at radius 3 is 2.39 bits per heavy atom. The van der Waals surface area contributed by atoms with Gasteiger partial charge in [0.05, 0.1) is 12.0 Å². The summed E-state index contributed by atoms with van der Waals surface area (Å²) in [6, 6.07) is 14.0. The van der Waals surface area contributed by atoms with Gasteiger partial charge in [-0.25, -0.2) is 0 Å². The van der Waals surface area contributed by atoms with Gasteiger partial charge in [0, 0.05) is 56.6 Å². The second-order valence-corrected chi connectivity index (χ2v) is 7.63. The number of amides is 1. The Morgan fingerprint density at radius 2 is 1.79 bits per heavy atom. The smallest absolute Gasteiger partial charge is 0.324 e.